The van der Waals surface area contributed by atoms with Gasteiger partial charge in [-0.25, -0.2) is 4.57 Å². The molecule has 0 radical (unpaired) electrons. The van der Waals surface area contributed by atoms with E-state index < -0.39 is 0 Å². The fourth-order valence-corrected chi connectivity index (χ4v) is 6.00. The van der Waals surface area contributed by atoms with Crippen LogP contribution in [0, 0.1) is 25.2 Å². The molecule has 7 aromatic rings. The zero-order chi connectivity index (χ0) is 27.4. The van der Waals surface area contributed by atoms with Crippen LogP contribution in [0.3, 0.4) is 0 Å². The molecule has 0 fully saturated rings. The minimum Gasteiger partial charge on any atom is -0.454 e. The fourth-order valence-electron chi connectivity index (χ4n) is 6.00. The van der Waals surface area contributed by atoms with Gasteiger partial charge in [-0.05, 0) is 65.1 Å². The van der Waals surface area contributed by atoms with Crippen LogP contribution in [0.1, 0.15) is 16.7 Å². The Hall–Kier alpha value is -5.20. The van der Waals surface area contributed by atoms with Crippen molar-refractivity contribution in [3.05, 3.63) is 126 Å². The number of nitriles is 1. The van der Waals surface area contributed by atoms with Gasteiger partial charge in [-0.3, -0.25) is 0 Å². The summed E-state index contributed by atoms with van der Waals surface area (Å²) in [4.78, 5) is 0. The molecule has 0 N–H and O–H groups in total. The van der Waals surface area contributed by atoms with E-state index in [-0.39, 0.29) is 0 Å². The number of pyridine rings is 1. The van der Waals surface area contributed by atoms with Crippen LogP contribution in [-0.4, -0.2) is 0 Å². The quantitative estimate of drug-likeness (QED) is 0.220. The van der Waals surface area contributed by atoms with E-state index in [0.717, 1.165) is 55.3 Å². The van der Waals surface area contributed by atoms with E-state index in [4.69, 9.17) is 4.42 Å². The van der Waals surface area contributed by atoms with Gasteiger partial charge in [0.2, 0.25) is 5.69 Å². The van der Waals surface area contributed by atoms with Gasteiger partial charge in [0.15, 0.2) is 6.20 Å². The number of benzene rings is 5. The Morgan fingerprint density at radius 3 is 2.12 bits per heavy atom. The van der Waals surface area contributed by atoms with Crippen molar-refractivity contribution in [2.45, 2.75) is 13.8 Å². The largest absolute Gasteiger partial charge is 0.454 e. The molecule has 0 bridgehead atoms. The van der Waals surface area contributed by atoms with Gasteiger partial charge in [0.25, 0.3) is 0 Å². The Balaban J connectivity index is 1.53. The number of hydrogen-bond donors (Lipinski definition) is 0. The van der Waals surface area contributed by atoms with Gasteiger partial charge in [-0.15, -0.1) is 0 Å². The van der Waals surface area contributed by atoms with Crippen LogP contribution in [0.5, 0.6) is 0 Å². The van der Waals surface area contributed by atoms with Gasteiger partial charge in [-0.1, -0.05) is 78.9 Å². The predicted molar refractivity (Wildman–Crippen MR) is 163 cm³/mol. The summed E-state index contributed by atoms with van der Waals surface area (Å²) in [6.45, 7) is 4.29. The minimum atomic E-state index is 0.604. The molecule has 190 valence electrons. The molecule has 0 saturated carbocycles. The Morgan fingerprint density at radius 1 is 0.650 bits per heavy atom. The molecule has 2 aromatic heterocycles. The van der Waals surface area contributed by atoms with Crippen LogP contribution in [0.25, 0.3) is 66.2 Å². The summed E-state index contributed by atoms with van der Waals surface area (Å²) in [5, 5.41) is 14.5. The highest BCUT2D eigenvalue weighted by Gasteiger charge is 2.24. The maximum Gasteiger partial charge on any atom is 0.216 e. The molecule has 0 saturated heterocycles. The first-order valence-corrected chi connectivity index (χ1v) is 13.5. The molecule has 2 heterocycles. The van der Waals surface area contributed by atoms with Gasteiger partial charge in [0.1, 0.15) is 18.2 Å². The van der Waals surface area contributed by atoms with Crippen molar-refractivity contribution >= 4 is 32.7 Å². The number of aromatic nitrogens is 1. The second kappa shape index (κ2) is 9.22. The zero-order valence-corrected chi connectivity index (χ0v) is 22.7. The molecule has 5 aromatic carbocycles. The number of nitrogens with zero attached hydrogens (tertiary/aromatic N) is 2. The summed E-state index contributed by atoms with van der Waals surface area (Å²) in [6, 6.07) is 38.1. The highest BCUT2D eigenvalue weighted by Crippen LogP contribution is 2.42. The molecule has 0 aliphatic carbocycles. The van der Waals surface area contributed by atoms with Crippen molar-refractivity contribution in [3.8, 4) is 39.6 Å². The molecule has 0 aliphatic rings. The number of fused-ring (bicyclic) bond motifs is 4. The van der Waals surface area contributed by atoms with Crippen LogP contribution in [0.2, 0.25) is 0 Å². The Labute approximate surface area is 233 Å². The monoisotopic (exact) mass is 515 g/mol. The predicted octanol–water partition coefficient (Wildman–Crippen LogP) is 9.05. The minimum absolute atomic E-state index is 0.604. The van der Waals surface area contributed by atoms with Gasteiger partial charge < -0.3 is 4.42 Å². The van der Waals surface area contributed by atoms with Crippen molar-refractivity contribution in [1.82, 2.24) is 0 Å². The second-order valence-corrected chi connectivity index (χ2v) is 10.5. The van der Waals surface area contributed by atoms with E-state index in [1.807, 2.05) is 30.3 Å². The third kappa shape index (κ3) is 3.69. The summed E-state index contributed by atoms with van der Waals surface area (Å²) in [6.07, 6.45) is 2.19. The summed E-state index contributed by atoms with van der Waals surface area (Å²) >= 11 is 0. The molecule has 0 atom stereocenters. The maximum absolute atomic E-state index is 10.1. The van der Waals surface area contributed by atoms with E-state index in [1.54, 1.807) is 0 Å². The Morgan fingerprint density at radius 2 is 1.35 bits per heavy atom. The van der Waals surface area contributed by atoms with E-state index in [1.165, 1.54) is 22.1 Å². The van der Waals surface area contributed by atoms with Crippen LogP contribution in [0.4, 0.5) is 0 Å². The summed E-state index contributed by atoms with van der Waals surface area (Å²) in [7, 11) is 2.09. The van der Waals surface area contributed by atoms with Gasteiger partial charge in [-0.2, -0.15) is 5.26 Å². The first-order valence-electron chi connectivity index (χ1n) is 13.5. The molecular formula is C37H27N2O+. The van der Waals surface area contributed by atoms with Crippen LogP contribution in [-0.2, 0) is 7.05 Å². The number of hydrogen-bond acceptors (Lipinski definition) is 2. The topological polar surface area (TPSA) is 40.8 Å². The molecule has 3 nitrogen and oxygen atoms in total. The molecule has 0 unspecified atom stereocenters. The first-order chi connectivity index (χ1) is 19.5. The van der Waals surface area contributed by atoms with Crippen molar-refractivity contribution < 1.29 is 8.98 Å². The number of rotatable bonds is 3. The fraction of sp³-hybridized carbons (Fsp3) is 0.0811. The zero-order valence-electron chi connectivity index (χ0n) is 22.7. The lowest BCUT2D eigenvalue weighted by Gasteiger charge is -2.10. The van der Waals surface area contributed by atoms with Crippen molar-refractivity contribution in [3.63, 3.8) is 0 Å². The second-order valence-electron chi connectivity index (χ2n) is 10.5. The summed E-state index contributed by atoms with van der Waals surface area (Å²) in [5.41, 5.74) is 10.9. The van der Waals surface area contributed by atoms with Crippen molar-refractivity contribution in [2.24, 2.45) is 7.05 Å². The molecule has 40 heavy (non-hydrogen) atoms. The summed E-state index contributed by atoms with van der Waals surface area (Å²) in [5.74, 6) is 0. The van der Waals surface area contributed by atoms with E-state index in [9.17, 15) is 5.26 Å². The molecule has 0 aliphatic heterocycles. The standard InChI is InChI=1S/C37H27N2O/c1-23-13-17-30-31-18-16-29(21-38)35(28-15-14-25-9-7-8-12-27(25)19-28)37(31)40-36(30)34(23)33-20-32(24(2)22-39(33)3)26-10-5-4-6-11-26/h4-20,22H,1-3H3/q+1. The average molecular weight is 516 g/mol. The first kappa shape index (κ1) is 23.9. The van der Waals surface area contributed by atoms with Crippen LogP contribution in [0.15, 0.2) is 114 Å². The Kier molecular flexibility index (Phi) is 5.51. The maximum atomic E-state index is 10.1. The third-order valence-electron chi connectivity index (χ3n) is 7.99. The molecular weight excluding hydrogens is 488 g/mol. The number of aryl methyl sites for hydroxylation is 3. The van der Waals surface area contributed by atoms with Crippen molar-refractivity contribution in [1.29, 1.82) is 5.26 Å². The molecule has 7 rings (SSSR count). The van der Waals surface area contributed by atoms with E-state index >= 15 is 0 Å². The van der Waals surface area contributed by atoms with Crippen LogP contribution >= 0.6 is 0 Å². The van der Waals surface area contributed by atoms with E-state index in [2.05, 4.69) is 111 Å². The lowest BCUT2D eigenvalue weighted by atomic mass is 9.94. The highest BCUT2D eigenvalue weighted by molar-refractivity contribution is 6.14. The Bertz CT molecular complexity index is 2150. The van der Waals surface area contributed by atoms with E-state index in [0.29, 0.717) is 5.56 Å². The van der Waals surface area contributed by atoms with Gasteiger partial charge >= 0.3 is 0 Å². The average Bonchev–Trinajstić information content (AvgIpc) is 3.36. The SMILES string of the molecule is Cc1c[n+](C)c(-c2c(C)ccc3c2oc2c(-c4ccc5ccccc5c4)c(C#N)ccc23)cc1-c1ccccc1. The smallest absolute Gasteiger partial charge is 0.216 e. The normalized spacial score (nSPS) is 11.3. The summed E-state index contributed by atoms with van der Waals surface area (Å²) < 4.78 is 9.01. The molecule has 3 heteroatoms. The van der Waals surface area contributed by atoms with Crippen molar-refractivity contribution in [2.75, 3.05) is 0 Å². The number of furan rings is 1. The van der Waals surface area contributed by atoms with Gasteiger partial charge in [0.05, 0.1) is 17.2 Å². The third-order valence-corrected chi connectivity index (χ3v) is 7.99. The molecule has 0 spiro atoms. The highest BCUT2D eigenvalue weighted by atomic mass is 16.3. The van der Waals surface area contributed by atoms with Crippen LogP contribution < -0.4 is 4.57 Å². The molecule has 0 amide bonds. The lowest BCUT2D eigenvalue weighted by Crippen LogP contribution is -2.31. The lowest BCUT2D eigenvalue weighted by molar-refractivity contribution is -0.660. The van der Waals surface area contributed by atoms with Gasteiger partial charge in [0, 0.05) is 28.0 Å².